The molecule has 0 saturated carbocycles. The molecule has 4 rings (SSSR count). The van der Waals surface area contributed by atoms with Gasteiger partial charge in [0.05, 0.1) is 22.9 Å². The standard InChI is InChI=1S/C25H25FN6O2S2/c1-3-12-32-22(15(2)28-23(34)17-9-4-6-10-19(17)26)30-31-25(32)35-14-21(33)29-24-18(13-27)16-8-5-7-11-20(16)36-24/h3-4,6,9-10,15H,1,5,7-8,11-12,14H2,2H3,(H,28,34)(H,29,33). The van der Waals surface area contributed by atoms with Crippen LogP contribution >= 0.6 is 23.1 Å². The lowest BCUT2D eigenvalue weighted by molar-refractivity contribution is -0.113. The molecular formula is C25H25FN6O2S2. The Bertz CT molecular complexity index is 1340. The highest BCUT2D eigenvalue weighted by atomic mass is 32.2. The van der Waals surface area contributed by atoms with E-state index in [1.165, 1.54) is 46.2 Å². The summed E-state index contributed by atoms with van der Waals surface area (Å²) in [5, 5.41) is 24.7. The van der Waals surface area contributed by atoms with E-state index in [1.54, 1.807) is 23.6 Å². The number of carbonyl (C=O) groups is 2. The number of nitrogens with one attached hydrogen (secondary N) is 2. The van der Waals surface area contributed by atoms with Crippen LogP contribution in [-0.2, 0) is 24.2 Å². The van der Waals surface area contributed by atoms with Crippen LogP contribution in [0.2, 0.25) is 0 Å². The molecule has 1 aliphatic carbocycles. The van der Waals surface area contributed by atoms with Crippen molar-refractivity contribution in [3.05, 3.63) is 70.1 Å². The molecule has 2 aromatic heterocycles. The molecular weight excluding hydrogens is 499 g/mol. The molecule has 1 atom stereocenters. The van der Waals surface area contributed by atoms with E-state index in [0.717, 1.165) is 31.2 Å². The monoisotopic (exact) mass is 524 g/mol. The third-order valence-corrected chi connectivity index (χ3v) is 7.95. The number of halogens is 1. The van der Waals surface area contributed by atoms with Crippen LogP contribution in [0, 0.1) is 17.1 Å². The van der Waals surface area contributed by atoms with E-state index in [0.29, 0.717) is 28.1 Å². The average Bonchev–Trinajstić information content (AvgIpc) is 3.43. The molecule has 1 aliphatic rings. The summed E-state index contributed by atoms with van der Waals surface area (Å²) in [6, 6.07) is 7.43. The molecule has 1 aromatic carbocycles. The second-order valence-corrected chi connectivity index (χ2v) is 10.3. The van der Waals surface area contributed by atoms with Crippen molar-refractivity contribution < 1.29 is 14.0 Å². The SMILES string of the molecule is C=CCn1c(SCC(=O)Nc2sc3c(c2C#N)CCCC3)nnc1C(C)NC(=O)c1ccccc1F. The molecule has 0 spiro atoms. The van der Waals surface area contributed by atoms with Gasteiger partial charge < -0.3 is 15.2 Å². The van der Waals surface area contributed by atoms with E-state index in [2.05, 4.69) is 33.5 Å². The maximum Gasteiger partial charge on any atom is 0.254 e. The van der Waals surface area contributed by atoms with Gasteiger partial charge in [-0.05, 0) is 50.3 Å². The van der Waals surface area contributed by atoms with E-state index in [4.69, 9.17) is 0 Å². The molecule has 2 N–H and O–H groups in total. The van der Waals surface area contributed by atoms with E-state index in [1.807, 2.05) is 0 Å². The molecule has 0 fully saturated rings. The van der Waals surface area contributed by atoms with Gasteiger partial charge in [-0.3, -0.25) is 9.59 Å². The van der Waals surface area contributed by atoms with E-state index >= 15 is 0 Å². The molecule has 2 amide bonds. The summed E-state index contributed by atoms with van der Waals surface area (Å²) in [6.07, 6.45) is 5.64. The van der Waals surface area contributed by atoms with E-state index in [-0.39, 0.29) is 17.2 Å². The number of fused-ring (bicyclic) bond motifs is 1. The lowest BCUT2D eigenvalue weighted by Gasteiger charge is -2.15. The van der Waals surface area contributed by atoms with Gasteiger partial charge in [0.2, 0.25) is 5.91 Å². The maximum atomic E-state index is 14.0. The predicted molar refractivity (Wildman–Crippen MR) is 138 cm³/mol. The second kappa shape index (κ2) is 11.5. The molecule has 0 bridgehead atoms. The highest BCUT2D eigenvalue weighted by Gasteiger charge is 2.24. The molecule has 3 aromatic rings. The van der Waals surface area contributed by atoms with Crippen LogP contribution in [0.5, 0.6) is 0 Å². The number of amides is 2. The zero-order valence-corrected chi connectivity index (χ0v) is 21.3. The lowest BCUT2D eigenvalue weighted by atomic mass is 9.96. The number of nitriles is 1. The fraction of sp³-hybridized carbons (Fsp3) is 0.320. The number of nitrogens with zero attached hydrogens (tertiary/aromatic N) is 4. The Balaban J connectivity index is 1.43. The number of aryl methyl sites for hydroxylation is 1. The van der Waals surface area contributed by atoms with Crippen LogP contribution in [0.1, 0.15) is 58.0 Å². The minimum absolute atomic E-state index is 0.0580. The largest absolute Gasteiger partial charge is 0.342 e. The molecule has 2 heterocycles. The van der Waals surface area contributed by atoms with Crippen molar-refractivity contribution in [3.63, 3.8) is 0 Å². The summed E-state index contributed by atoms with van der Waals surface area (Å²) >= 11 is 2.68. The van der Waals surface area contributed by atoms with Crippen molar-refractivity contribution in [1.82, 2.24) is 20.1 Å². The Labute approximate surface area is 216 Å². The number of allylic oxidation sites excluding steroid dienone is 1. The first kappa shape index (κ1) is 25.6. The van der Waals surface area contributed by atoms with Crippen LogP contribution in [0.4, 0.5) is 9.39 Å². The zero-order valence-electron chi connectivity index (χ0n) is 19.7. The Hall–Kier alpha value is -3.49. The summed E-state index contributed by atoms with van der Waals surface area (Å²) in [7, 11) is 0. The highest BCUT2D eigenvalue weighted by molar-refractivity contribution is 7.99. The molecule has 8 nitrogen and oxygen atoms in total. The molecule has 0 radical (unpaired) electrons. The fourth-order valence-corrected chi connectivity index (χ4v) is 6.09. The molecule has 0 saturated heterocycles. The fourth-order valence-electron chi connectivity index (χ4n) is 4.08. The van der Waals surface area contributed by atoms with Crippen LogP contribution in [-0.4, -0.2) is 32.3 Å². The Morgan fingerprint density at radius 3 is 2.86 bits per heavy atom. The minimum Gasteiger partial charge on any atom is -0.342 e. The van der Waals surface area contributed by atoms with Crippen molar-refractivity contribution in [2.24, 2.45) is 0 Å². The first-order valence-electron chi connectivity index (χ1n) is 11.5. The van der Waals surface area contributed by atoms with E-state index in [9.17, 15) is 19.2 Å². The molecule has 36 heavy (non-hydrogen) atoms. The van der Waals surface area contributed by atoms with E-state index < -0.39 is 17.8 Å². The number of anilines is 1. The summed E-state index contributed by atoms with van der Waals surface area (Å²) in [6.45, 7) is 5.86. The molecule has 1 unspecified atom stereocenters. The third kappa shape index (κ3) is 5.50. The van der Waals surface area contributed by atoms with Crippen molar-refractivity contribution >= 4 is 39.9 Å². The van der Waals surface area contributed by atoms with Crippen LogP contribution in [0.25, 0.3) is 0 Å². The second-order valence-electron chi connectivity index (χ2n) is 8.28. The third-order valence-electron chi connectivity index (χ3n) is 5.78. The van der Waals surface area contributed by atoms with Crippen molar-refractivity contribution in [2.45, 2.75) is 50.4 Å². The number of hydrogen-bond donors (Lipinski definition) is 2. The van der Waals surface area contributed by atoms with Crippen molar-refractivity contribution in [1.29, 1.82) is 5.26 Å². The quantitative estimate of drug-likeness (QED) is 0.312. The lowest BCUT2D eigenvalue weighted by Crippen LogP contribution is -2.29. The first-order valence-corrected chi connectivity index (χ1v) is 13.3. The Morgan fingerprint density at radius 2 is 2.11 bits per heavy atom. The summed E-state index contributed by atoms with van der Waals surface area (Å²) in [4.78, 5) is 26.4. The van der Waals surface area contributed by atoms with Gasteiger partial charge in [0.15, 0.2) is 11.0 Å². The molecule has 11 heteroatoms. The minimum atomic E-state index is -0.608. The van der Waals surface area contributed by atoms with Crippen LogP contribution in [0.3, 0.4) is 0 Å². The summed E-state index contributed by atoms with van der Waals surface area (Å²) < 4.78 is 15.7. The highest BCUT2D eigenvalue weighted by Crippen LogP contribution is 2.37. The van der Waals surface area contributed by atoms with Gasteiger partial charge in [0.25, 0.3) is 5.91 Å². The van der Waals surface area contributed by atoms with Crippen molar-refractivity contribution in [2.75, 3.05) is 11.1 Å². The normalized spacial score (nSPS) is 13.4. The first-order chi connectivity index (χ1) is 17.4. The number of aromatic nitrogens is 3. The number of benzene rings is 1. The smallest absolute Gasteiger partial charge is 0.254 e. The number of thiophene rings is 1. The van der Waals surface area contributed by atoms with Crippen molar-refractivity contribution in [3.8, 4) is 6.07 Å². The molecule has 0 aliphatic heterocycles. The van der Waals surface area contributed by atoms with Gasteiger partial charge >= 0.3 is 0 Å². The summed E-state index contributed by atoms with van der Waals surface area (Å²) in [5.74, 6) is -0.887. The van der Waals surface area contributed by atoms with Crippen LogP contribution < -0.4 is 10.6 Å². The number of thioether (sulfide) groups is 1. The van der Waals surface area contributed by atoms with Gasteiger partial charge in [-0.2, -0.15) is 5.26 Å². The topological polar surface area (TPSA) is 113 Å². The average molecular weight is 525 g/mol. The Kier molecular flexibility index (Phi) is 8.18. The number of rotatable bonds is 9. The summed E-state index contributed by atoms with van der Waals surface area (Å²) in [5.41, 5.74) is 1.58. The molecule has 186 valence electrons. The van der Waals surface area contributed by atoms with Gasteiger partial charge in [0.1, 0.15) is 16.9 Å². The van der Waals surface area contributed by atoms with Gasteiger partial charge in [-0.25, -0.2) is 4.39 Å². The van der Waals surface area contributed by atoms with Crippen LogP contribution in [0.15, 0.2) is 42.1 Å². The predicted octanol–water partition coefficient (Wildman–Crippen LogP) is 4.64. The van der Waals surface area contributed by atoms with Gasteiger partial charge in [-0.1, -0.05) is 30.0 Å². The number of carbonyl (C=O) groups excluding carboxylic acids is 2. The Morgan fingerprint density at radius 1 is 1.33 bits per heavy atom. The zero-order chi connectivity index (χ0) is 25.7. The van der Waals surface area contributed by atoms with Gasteiger partial charge in [0, 0.05) is 11.4 Å². The number of hydrogen-bond acceptors (Lipinski definition) is 7. The maximum absolute atomic E-state index is 14.0. The van der Waals surface area contributed by atoms with Gasteiger partial charge in [-0.15, -0.1) is 28.1 Å².